The molecule has 2 aromatic rings. The van der Waals surface area contributed by atoms with Crippen molar-refractivity contribution in [2.24, 2.45) is 0 Å². The van der Waals surface area contributed by atoms with Gasteiger partial charge in [-0.15, -0.1) is 0 Å². The van der Waals surface area contributed by atoms with Crippen LogP contribution >= 0.6 is 23.2 Å². The number of anilines is 1. The van der Waals surface area contributed by atoms with Gasteiger partial charge in [-0.05, 0) is 38.1 Å². The van der Waals surface area contributed by atoms with Crippen LogP contribution in [0.4, 0.5) is 10.1 Å². The molecule has 2 aromatic carbocycles. The number of benzene rings is 2. The molecule has 0 unspecified atom stereocenters. The van der Waals surface area contributed by atoms with Crippen molar-refractivity contribution in [3.05, 3.63) is 51.8 Å². The van der Waals surface area contributed by atoms with Gasteiger partial charge in [0.15, 0.2) is 11.5 Å². The quantitative estimate of drug-likeness (QED) is 0.735. The summed E-state index contributed by atoms with van der Waals surface area (Å²) in [4.78, 5) is 0. The molecule has 0 bridgehead atoms. The third-order valence-corrected chi connectivity index (χ3v) is 3.58. The zero-order valence-corrected chi connectivity index (χ0v) is 14.6. The van der Waals surface area contributed by atoms with Gasteiger partial charge in [-0.25, -0.2) is 4.39 Å². The molecule has 0 fully saturated rings. The minimum Gasteiger partial charge on any atom is -0.493 e. The van der Waals surface area contributed by atoms with Gasteiger partial charge < -0.3 is 14.8 Å². The zero-order chi connectivity index (χ0) is 17.0. The fraction of sp³-hybridized carbons (Fsp3) is 0.294. The van der Waals surface area contributed by atoms with Gasteiger partial charge in [0.1, 0.15) is 5.82 Å². The molecule has 0 radical (unpaired) electrons. The summed E-state index contributed by atoms with van der Waals surface area (Å²) in [6.45, 7) is 4.30. The van der Waals surface area contributed by atoms with E-state index in [4.69, 9.17) is 32.7 Å². The van der Waals surface area contributed by atoms with Crippen molar-refractivity contribution in [1.82, 2.24) is 0 Å². The van der Waals surface area contributed by atoms with Crippen molar-refractivity contribution in [3.63, 3.8) is 0 Å². The summed E-state index contributed by atoms with van der Waals surface area (Å²) in [5, 5.41) is 3.79. The summed E-state index contributed by atoms with van der Waals surface area (Å²) in [5.41, 5.74) is 1.54. The van der Waals surface area contributed by atoms with E-state index in [0.29, 0.717) is 28.8 Å². The minimum absolute atomic E-state index is 0.0101. The topological polar surface area (TPSA) is 30.5 Å². The van der Waals surface area contributed by atoms with Gasteiger partial charge in [-0.1, -0.05) is 23.2 Å². The molecule has 3 nitrogen and oxygen atoms in total. The Morgan fingerprint density at radius 1 is 1.17 bits per heavy atom. The maximum absolute atomic E-state index is 13.2. The molecule has 0 aliphatic heterocycles. The molecule has 0 aliphatic carbocycles. The number of ether oxygens (including phenoxy) is 2. The van der Waals surface area contributed by atoms with Gasteiger partial charge in [0, 0.05) is 28.9 Å². The highest BCUT2D eigenvalue weighted by Crippen LogP contribution is 2.36. The lowest BCUT2D eigenvalue weighted by atomic mass is 10.1. The summed E-state index contributed by atoms with van der Waals surface area (Å²) in [7, 11) is 1.57. The summed E-state index contributed by atoms with van der Waals surface area (Å²) < 4.78 is 24.4. The fourth-order valence-electron chi connectivity index (χ4n) is 2.08. The maximum atomic E-state index is 13.2. The molecular formula is C17H18Cl2FNO2. The van der Waals surface area contributed by atoms with E-state index in [9.17, 15) is 4.39 Å². The predicted octanol–water partition coefficient (Wildman–Crippen LogP) is 5.54. The largest absolute Gasteiger partial charge is 0.493 e. The second-order valence-electron chi connectivity index (χ2n) is 5.25. The Hall–Kier alpha value is -1.65. The van der Waals surface area contributed by atoms with Crippen molar-refractivity contribution in [2.75, 3.05) is 12.4 Å². The predicted molar refractivity (Wildman–Crippen MR) is 92.5 cm³/mol. The molecule has 1 N–H and O–H groups in total. The van der Waals surface area contributed by atoms with Crippen molar-refractivity contribution < 1.29 is 13.9 Å². The van der Waals surface area contributed by atoms with Gasteiger partial charge in [-0.3, -0.25) is 0 Å². The molecule has 0 heterocycles. The first-order valence-corrected chi connectivity index (χ1v) is 7.88. The van der Waals surface area contributed by atoms with E-state index in [2.05, 4.69) is 5.32 Å². The van der Waals surface area contributed by atoms with Crippen LogP contribution in [-0.2, 0) is 6.54 Å². The van der Waals surface area contributed by atoms with Gasteiger partial charge in [0.05, 0.1) is 18.2 Å². The van der Waals surface area contributed by atoms with E-state index in [1.807, 2.05) is 13.8 Å². The van der Waals surface area contributed by atoms with Crippen molar-refractivity contribution in [2.45, 2.75) is 26.5 Å². The van der Waals surface area contributed by atoms with Crippen LogP contribution in [0.2, 0.25) is 10.0 Å². The average Bonchev–Trinajstić information content (AvgIpc) is 2.49. The van der Waals surface area contributed by atoms with Crippen LogP contribution in [0.15, 0.2) is 30.3 Å². The van der Waals surface area contributed by atoms with Gasteiger partial charge >= 0.3 is 0 Å². The molecule has 2 rings (SSSR count). The lowest BCUT2D eigenvalue weighted by Crippen LogP contribution is -2.10. The summed E-state index contributed by atoms with van der Waals surface area (Å²) in [5.74, 6) is 0.748. The van der Waals surface area contributed by atoms with E-state index in [1.54, 1.807) is 25.3 Å². The van der Waals surface area contributed by atoms with Gasteiger partial charge in [0.2, 0.25) is 0 Å². The molecule has 0 spiro atoms. The molecule has 0 saturated carbocycles. The average molecular weight is 358 g/mol. The lowest BCUT2D eigenvalue weighted by Gasteiger charge is -2.18. The van der Waals surface area contributed by atoms with Crippen LogP contribution in [0, 0.1) is 5.82 Å². The minimum atomic E-state index is -0.453. The molecule has 0 saturated heterocycles. The third-order valence-electron chi connectivity index (χ3n) is 3.07. The number of halogens is 3. The highest BCUT2D eigenvalue weighted by atomic mass is 35.5. The summed E-state index contributed by atoms with van der Waals surface area (Å²) >= 11 is 11.9. The Morgan fingerprint density at radius 2 is 1.91 bits per heavy atom. The van der Waals surface area contributed by atoms with E-state index in [1.165, 1.54) is 12.1 Å². The van der Waals surface area contributed by atoms with E-state index >= 15 is 0 Å². The second-order valence-corrected chi connectivity index (χ2v) is 6.09. The second kappa shape index (κ2) is 7.75. The van der Waals surface area contributed by atoms with Crippen molar-refractivity contribution in [1.29, 1.82) is 0 Å². The number of rotatable bonds is 6. The van der Waals surface area contributed by atoms with Crippen LogP contribution in [0.5, 0.6) is 11.5 Å². The SMILES string of the molecule is COc1cc(Cl)cc(CNc2ccc(F)c(Cl)c2)c1OC(C)C. The Labute approximate surface area is 145 Å². The monoisotopic (exact) mass is 357 g/mol. The number of hydrogen-bond acceptors (Lipinski definition) is 3. The maximum Gasteiger partial charge on any atom is 0.166 e. The highest BCUT2D eigenvalue weighted by molar-refractivity contribution is 6.31. The Bertz CT molecular complexity index is 693. The molecule has 124 valence electrons. The lowest BCUT2D eigenvalue weighted by molar-refractivity contribution is 0.228. The third kappa shape index (κ3) is 4.66. The Morgan fingerprint density at radius 3 is 2.52 bits per heavy atom. The van der Waals surface area contributed by atoms with E-state index in [-0.39, 0.29) is 11.1 Å². The van der Waals surface area contributed by atoms with Crippen LogP contribution in [0.1, 0.15) is 19.4 Å². The smallest absolute Gasteiger partial charge is 0.166 e. The van der Waals surface area contributed by atoms with Crippen LogP contribution < -0.4 is 14.8 Å². The molecule has 23 heavy (non-hydrogen) atoms. The van der Waals surface area contributed by atoms with Crippen LogP contribution in [0.25, 0.3) is 0 Å². The summed E-state index contributed by atoms with van der Waals surface area (Å²) in [6, 6.07) is 7.97. The fourth-order valence-corrected chi connectivity index (χ4v) is 2.49. The highest BCUT2D eigenvalue weighted by Gasteiger charge is 2.14. The normalized spacial score (nSPS) is 10.7. The van der Waals surface area contributed by atoms with Gasteiger partial charge in [-0.2, -0.15) is 0 Å². The number of nitrogens with one attached hydrogen (secondary N) is 1. The number of methoxy groups -OCH3 is 1. The van der Waals surface area contributed by atoms with Crippen molar-refractivity contribution in [3.8, 4) is 11.5 Å². The van der Waals surface area contributed by atoms with E-state index < -0.39 is 5.82 Å². The molecular weight excluding hydrogens is 340 g/mol. The van der Waals surface area contributed by atoms with E-state index in [0.717, 1.165) is 5.56 Å². The first kappa shape index (κ1) is 17.7. The van der Waals surface area contributed by atoms with Gasteiger partial charge in [0.25, 0.3) is 0 Å². The standard InChI is InChI=1S/C17H18Cl2FNO2/c1-10(2)23-17-11(6-12(18)7-16(17)22-3)9-21-13-4-5-15(20)14(19)8-13/h4-8,10,21H,9H2,1-3H3. The van der Waals surface area contributed by atoms with Crippen LogP contribution in [-0.4, -0.2) is 13.2 Å². The molecule has 6 heteroatoms. The number of hydrogen-bond donors (Lipinski definition) is 1. The van der Waals surface area contributed by atoms with Crippen molar-refractivity contribution >= 4 is 28.9 Å². The first-order valence-electron chi connectivity index (χ1n) is 7.12. The van der Waals surface area contributed by atoms with Crippen LogP contribution in [0.3, 0.4) is 0 Å². The Kier molecular flexibility index (Phi) is 5.97. The first-order chi connectivity index (χ1) is 10.9. The Balaban J connectivity index is 2.26. The molecule has 0 amide bonds. The molecule has 0 aromatic heterocycles. The molecule has 0 aliphatic rings. The zero-order valence-electron chi connectivity index (χ0n) is 13.1. The molecule has 0 atom stereocenters. The summed E-state index contributed by atoms with van der Waals surface area (Å²) in [6.07, 6.45) is -0.0101.